The van der Waals surface area contributed by atoms with Crippen LogP contribution in [0.1, 0.15) is 29.0 Å². The van der Waals surface area contributed by atoms with Crippen LogP contribution in [-0.4, -0.2) is 20.7 Å². The molecule has 0 fully saturated rings. The number of amides is 1. The van der Waals surface area contributed by atoms with Gasteiger partial charge in [0, 0.05) is 16.3 Å². The van der Waals surface area contributed by atoms with Gasteiger partial charge in [-0.1, -0.05) is 17.7 Å². The molecule has 0 saturated heterocycles. The van der Waals surface area contributed by atoms with Gasteiger partial charge in [0.1, 0.15) is 12.4 Å². The van der Waals surface area contributed by atoms with Crippen LogP contribution in [-0.2, 0) is 4.79 Å². The first kappa shape index (κ1) is 16.5. The van der Waals surface area contributed by atoms with Crippen LogP contribution < -0.4 is 10.6 Å². The molecule has 7 heteroatoms. The van der Waals surface area contributed by atoms with Gasteiger partial charge in [0.2, 0.25) is 5.95 Å². The second-order valence-electron chi connectivity index (χ2n) is 6.38. The highest BCUT2D eigenvalue weighted by atomic mass is 32.1. The summed E-state index contributed by atoms with van der Waals surface area (Å²) >= 11 is 1.62. The van der Waals surface area contributed by atoms with Gasteiger partial charge >= 0.3 is 0 Å². The van der Waals surface area contributed by atoms with Gasteiger partial charge in [0.15, 0.2) is 0 Å². The Labute approximate surface area is 155 Å². The minimum Gasteiger partial charge on any atom is -0.328 e. The Kier molecular flexibility index (Phi) is 4.08. The molecule has 0 saturated carbocycles. The smallest absolute Gasteiger partial charge is 0.255 e. The van der Waals surface area contributed by atoms with Crippen LogP contribution >= 0.6 is 11.3 Å². The fourth-order valence-electron chi connectivity index (χ4n) is 3.13. The number of anilines is 2. The highest BCUT2D eigenvalue weighted by molar-refractivity contribution is 7.10. The predicted molar refractivity (Wildman–Crippen MR) is 103 cm³/mol. The molecule has 26 heavy (non-hydrogen) atoms. The standard InChI is InChI=1S/C19H19N5OS/c1-11-4-6-14(7-5-11)23-18(25)15-13(3)22-19-20-10-21-24(19)16(15)17-12(2)8-9-26-17/h4-10,16H,1-3H3,(H,23,25)(H,20,21,22). The molecule has 1 unspecified atom stereocenters. The molecule has 1 amide bonds. The van der Waals surface area contributed by atoms with E-state index in [9.17, 15) is 4.79 Å². The normalized spacial score (nSPS) is 16.2. The number of thiophene rings is 1. The SMILES string of the molecule is CC1=C(C(=O)Nc2ccc(C)cc2)C(c2sccc2C)n2ncnc2N1. The van der Waals surface area contributed by atoms with Crippen molar-refractivity contribution in [3.63, 3.8) is 0 Å². The van der Waals surface area contributed by atoms with Gasteiger partial charge in [0.05, 0.1) is 5.57 Å². The van der Waals surface area contributed by atoms with E-state index in [0.717, 1.165) is 27.4 Å². The monoisotopic (exact) mass is 365 g/mol. The third-order valence-electron chi connectivity index (χ3n) is 4.50. The molecule has 2 aromatic heterocycles. The van der Waals surface area contributed by atoms with Gasteiger partial charge in [0.25, 0.3) is 5.91 Å². The van der Waals surface area contributed by atoms with Crippen LogP contribution in [0.25, 0.3) is 0 Å². The Morgan fingerprint density at radius 2 is 1.96 bits per heavy atom. The summed E-state index contributed by atoms with van der Waals surface area (Å²) in [6, 6.07) is 9.54. The Hall–Kier alpha value is -2.93. The summed E-state index contributed by atoms with van der Waals surface area (Å²) in [6.07, 6.45) is 1.51. The number of benzene rings is 1. The zero-order valence-electron chi connectivity index (χ0n) is 14.8. The molecular formula is C19H19N5OS. The summed E-state index contributed by atoms with van der Waals surface area (Å²) in [7, 11) is 0. The highest BCUT2D eigenvalue weighted by Crippen LogP contribution is 2.38. The van der Waals surface area contributed by atoms with Crippen LogP contribution in [0.5, 0.6) is 0 Å². The first-order chi connectivity index (χ1) is 12.5. The van der Waals surface area contributed by atoms with Crippen molar-refractivity contribution in [3.05, 3.63) is 69.3 Å². The van der Waals surface area contributed by atoms with E-state index in [2.05, 4.69) is 33.7 Å². The molecule has 6 nitrogen and oxygen atoms in total. The number of hydrogen-bond acceptors (Lipinski definition) is 5. The van der Waals surface area contributed by atoms with Crippen molar-refractivity contribution in [1.82, 2.24) is 14.8 Å². The maximum absolute atomic E-state index is 13.1. The quantitative estimate of drug-likeness (QED) is 0.739. The average molecular weight is 365 g/mol. The summed E-state index contributed by atoms with van der Waals surface area (Å²) < 4.78 is 1.77. The maximum atomic E-state index is 13.1. The fourth-order valence-corrected chi connectivity index (χ4v) is 4.15. The highest BCUT2D eigenvalue weighted by Gasteiger charge is 2.34. The fraction of sp³-hybridized carbons (Fsp3) is 0.211. The Morgan fingerprint density at radius 1 is 1.19 bits per heavy atom. The van der Waals surface area contributed by atoms with Crippen LogP contribution in [0.15, 0.2) is 53.3 Å². The van der Waals surface area contributed by atoms with E-state index < -0.39 is 0 Å². The third kappa shape index (κ3) is 2.80. The molecule has 0 radical (unpaired) electrons. The minimum atomic E-state index is -0.292. The molecule has 1 aliphatic heterocycles. The lowest BCUT2D eigenvalue weighted by atomic mass is 9.98. The second-order valence-corrected chi connectivity index (χ2v) is 7.33. The number of hydrogen-bond donors (Lipinski definition) is 2. The van der Waals surface area contributed by atoms with Crippen molar-refractivity contribution in [3.8, 4) is 0 Å². The van der Waals surface area contributed by atoms with E-state index >= 15 is 0 Å². The number of nitrogens with zero attached hydrogens (tertiary/aromatic N) is 3. The van der Waals surface area contributed by atoms with Gasteiger partial charge in [-0.2, -0.15) is 10.1 Å². The number of carbonyl (C=O) groups excluding carboxylic acids is 1. The molecule has 0 aliphatic carbocycles. The van der Waals surface area contributed by atoms with Crippen molar-refractivity contribution in [2.24, 2.45) is 0 Å². The first-order valence-corrected chi connectivity index (χ1v) is 9.22. The number of allylic oxidation sites excluding steroid dienone is 1. The van der Waals surface area contributed by atoms with Gasteiger partial charge < -0.3 is 10.6 Å². The number of fused-ring (bicyclic) bond motifs is 1. The van der Waals surface area contributed by atoms with E-state index in [1.165, 1.54) is 6.33 Å². The third-order valence-corrected chi connectivity index (χ3v) is 5.57. The maximum Gasteiger partial charge on any atom is 0.255 e. The van der Waals surface area contributed by atoms with Gasteiger partial charge in [-0.3, -0.25) is 4.79 Å². The van der Waals surface area contributed by atoms with E-state index in [1.54, 1.807) is 16.0 Å². The molecule has 1 atom stereocenters. The van der Waals surface area contributed by atoms with E-state index in [4.69, 9.17) is 0 Å². The molecular weight excluding hydrogens is 346 g/mol. The lowest BCUT2D eigenvalue weighted by molar-refractivity contribution is -0.113. The molecule has 1 aliphatic rings. The number of rotatable bonds is 3. The number of nitrogens with one attached hydrogen (secondary N) is 2. The Balaban J connectivity index is 1.75. The second kappa shape index (κ2) is 6.42. The lowest BCUT2D eigenvalue weighted by Gasteiger charge is -2.28. The largest absolute Gasteiger partial charge is 0.328 e. The van der Waals surface area contributed by atoms with Crippen LogP contribution in [0.2, 0.25) is 0 Å². The lowest BCUT2D eigenvalue weighted by Crippen LogP contribution is -2.31. The van der Waals surface area contributed by atoms with E-state index in [1.807, 2.05) is 43.5 Å². The van der Waals surface area contributed by atoms with Crippen molar-refractivity contribution in [2.45, 2.75) is 26.8 Å². The predicted octanol–water partition coefficient (Wildman–Crippen LogP) is 3.88. The van der Waals surface area contributed by atoms with E-state index in [-0.39, 0.29) is 11.9 Å². The molecule has 3 heterocycles. The molecule has 1 aromatic carbocycles. The van der Waals surface area contributed by atoms with Gasteiger partial charge in [-0.25, -0.2) is 4.68 Å². The van der Waals surface area contributed by atoms with Crippen LogP contribution in [0, 0.1) is 13.8 Å². The molecule has 4 rings (SSSR count). The summed E-state index contributed by atoms with van der Waals surface area (Å²) in [4.78, 5) is 18.5. The van der Waals surface area contributed by atoms with Gasteiger partial charge in [-0.05, 0) is 49.9 Å². The van der Waals surface area contributed by atoms with Crippen molar-refractivity contribution >= 4 is 28.9 Å². The zero-order valence-corrected chi connectivity index (χ0v) is 15.6. The summed E-state index contributed by atoms with van der Waals surface area (Å²) in [5, 5.41) is 12.6. The number of aryl methyl sites for hydroxylation is 2. The van der Waals surface area contributed by atoms with Crippen molar-refractivity contribution in [2.75, 3.05) is 10.6 Å². The van der Waals surface area contributed by atoms with Crippen LogP contribution in [0.4, 0.5) is 11.6 Å². The molecule has 132 valence electrons. The zero-order chi connectivity index (χ0) is 18.3. The van der Waals surface area contributed by atoms with Crippen molar-refractivity contribution in [1.29, 1.82) is 0 Å². The molecule has 2 N–H and O–H groups in total. The molecule has 3 aromatic rings. The van der Waals surface area contributed by atoms with Gasteiger partial charge in [-0.15, -0.1) is 11.3 Å². The van der Waals surface area contributed by atoms with Crippen molar-refractivity contribution < 1.29 is 4.79 Å². The van der Waals surface area contributed by atoms with Crippen LogP contribution in [0.3, 0.4) is 0 Å². The summed E-state index contributed by atoms with van der Waals surface area (Å²) in [5.74, 6) is 0.505. The molecule has 0 spiro atoms. The Bertz CT molecular complexity index is 999. The number of aromatic nitrogens is 3. The topological polar surface area (TPSA) is 71.8 Å². The summed E-state index contributed by atoms with van der Waals surface area (Å²) in [6.45, 7) is 5.97. The molecule has 0 bridgehead atoms. The Morgan fingerprint density at radius 3 is 2.65 bits per heavy atom. The average Bonchev–Trinajstić information content (AvgIpc) is 3.24. The minimum absolute atomic E-state index is 0.141. The number of carbonyl (C=O) groups is 1. The first-order valence-electron chi connectivity index (χ1n) is 8.34. The van der Waals surface area contributed by atoms with E-state index in [0.29, 0.717) is 11.5 Å². The summed E-state index contributed by atoms with van der Waals surface area (Å²) in [5.41, 5.74) is 4.49.